The second-order valence-corrected chi connectivity index (χ2v) is 7.53. The summed E-state index contributed by atoms with van der Waals surface area (Å²) in [6.45, 7) is 4.77. The summed E-state index contributed by atoms with van der Waals surface area (Å²) in [7, 11) is 0. The summed E-state index contributed by atoms with van der Waals surface area (Å²) >= 11 is 0. The van der Waals surface area contributed by atoms with Gasteiger partial charge in [0.25, 0.3) is 5.56 Å². The number of amides is 1. The zero-order valence-electron chi connectivity index (χ0n) is 18.0. The van der Waals surface area contributed by atoms with Crippen molar-refractivity contribution < 1.29 is 9.18 Å². The number of carbonyl (C=O) groups is 1. The summed E-state index contributed by atoms with van der Waals surface area (Å²) < 4.78 is 16.3. The Morgan fingerprint density at radius 1 is 1.09 bits per heavy atom. The van der Waals surface area contributed by atoms with E-state index in [0.717, 1.165) is 16.8 Å². The molecular formula is C24H24FN5O2. The molecule has 0 aliphatic carbocycles. The number of nitrogens with one attached hydrogen (secondary N) is 1. The van der Waals surface area contributed by atoms with Crippen LogP contribution in [0.4, 0.5) is 4.39 Å². The molecule has 1 amide bonds. The molecule has 32 heavy (non-hydrogen) atoms. The molecule has 4 aromatic rings. The second kappa shape index (κ2) is 9.13. The summed E-state index contributed by atoms with van der Waals surface area (Å²) in [4.78, 5) is 30.1. The molecule has 7 nitrogen and oxygen atoms in total. The quantitative estimate of drug-likeness (QED) is 0.485. The standard InChI is InChI=1S/C24H24FN5O2/c1-3-29-16(2)20(13-14-21(31)26-15-17-9-11-19(25)12-10-17)23(32)30-24(29)27-22(28-30)18-7-5-4-6-8-18/h4-12H,3,13-15H2,1-2H3,(H,26,31). The molecule has 2 aromatic carbocycles. The highest BCUT2D eigenvalue weighted by Gasteiger charge is 2.18. The van der Waals surface area contributed by atoms with E-state index in [2.05, 4.69) is 15.4 Å². The average Bonchev–Trinajstić information content (AvgIpc) is 3.25. The topological polar surface area (TPSA) is 81.3 Å². The van der Waals surface area contributed by atoms with Gasteiger partial charge in [0, 0.05) is 36.3 Å². The van der Waals surface area contributed by atoms with Crippen LogP contribution in [0.5, 0.6) is 0 Å². The van der Waals surface area contributed by atoms with Crippen LogP contribution in [0, 0.1) is 12.7 Å². The van der Waals surface area contributed by atoms with E-state index in [-0.39, 0.29) is 30.1 Å². The Bertz CT molecular complexity index is 1310. The number of hydrogen-bond acceptors (Lipinski definition) is 4. The third-order valence-corrected chi connectivity index (χ3v) is 5.48. The molecule has 1 N–H and O–H groups in total. The molecule has 2 aromatic heterocycles. The smallest absolute Gasteiger partial charge is 0.279 e. The molecule has 0 fully saturated rings. The molecule has 0 spiro atoms. The van der Waals surface area contributed by atoms with Gasteiger partial charge in [0.2, 0.25) is 11.7 Å². The number of carbonyl (C=O) groups excluding carboxylic acids is 1. The second-order valence-electron chi connectivity index (χ2n) is 7.53. The fourth-order valence-electron chi connectivity index (χ4n) is 3.72. The average molecular weight is 433 g/mol. The molecule has 164 valence electrons. The van der Waals surface area contributed by atoms with Crippen molar-refractivity contribution in [3.8, 4) is 11.4 Å². The first kappa shape index (κ1) is 21.4. The summed E-state index contributed by atoms with van der Waals surface area (Å²) in [6.07, 6.45) is 0.448. The lowest BCUT2D eigenvalue weighted by Gasteiger charge is -2.13. The van der Waals surface area contributed by atoms with Gasteiger partial charge in [-0.15, -0.1) is 5.10 Å². The third-order valence-electron chi connectivity index (χ3n) is 5.48. The maximum absolute atomic E-state index is 13.2. The van der Waals surface area contributed by atoms with Gasteiger partial charge in [-0.2, -0.15) is 9.50 Å². The first-order chi connectivity index (χ1) is 15.5. The zero-order valence-corrected chi connectivity index (χ0v) is 18.0. The highest BCUT2D eigenvalue weighted by molar-refractivity contribution is 5.76. The highest BCUT2D eigenvalue weighted by atomic mass is 19.1. The van der Waals surface area contributed by atoms with Crippen LogP contribution in [0.3, 0.4) is 0 Å². The number of nitrogens with zero attached hydrogens (tertiary/aromatic N) is 4. The third kappa shape index (κ3) is 4.30. The Morgan fingerprint density at radius 2 is 1.81 bits per heavy atom. The number of rotatable bonds is 7. The van der Waals surface area contributed by atoms with Crippen LogP contribution in [-0.2, 0) is 24.3 Å². The van der Waals surface area contributed by atoms with Crippen LogP contribution in [0.1, 0.15) is 30.2 Å². The summed E-state index contributed by atoms with van der Waals surface area (Å²) in [5.41, 5.74) is 2.70. The monoisotopic (exact) mass is 433 g/mol. The van der Waals surface area contributed by atoms with E-state index in [9.17, 15) is 14.0 Å². The summed E-state index contributed by atoms with van der Waals surface area (Å²) in [5, 5.41) is 7.26. The van der Waals surface area contributed by atoms with Crippen LogP contribution in [-0.4, -0.2) is 25.1 Å². The van der Waals surface area contributed by atoms with E-state index < -0.39 is 0 Å². The Balaban J connectivity index is 1.56. The molecule has 0 bridgehead atoms. The lowest BCUT2D eigenvalue weighted by molar-refractivity contribution is -0.121. The summed E-state index contributed by atoms with van der Waals surface area (Å²) in [5.74, 6) is 0.471. The number of halogens is 1. The fourth-order valence-corrected chi connectivity index (χ4v) is 3.72. The molecule has 0 atom stereocenters. The minimum atomic E-state index is -0.318. The predicted molar refractivity (Wildman–Crippen MR) is 120 cm³/mol. The van der Waals surface area contributed by atoms with Crippen molar-refractivity contribution in [3.63, 3.8) is 0 Å². The van der Waals surface area contributed by atoms with Crippen LogP contribution < -0.4 is 10.9 Å². The van der Waals surface area contributed by atoms with Crippen LogP contribution in [0.2, 0.25) is 0 Å². The number of hydrogen-bond donors (Lipinski definition) is 1. The highest BCUT2D eigenvalue weighted by Crippen LogP contribution is 2.17. The van der Waals surface area contributed by atoms with Crippen molar-refractivity contribution in [2.75, 3.05) is 0 Å². The van der Waals surface area contributed by atoms with Gasteiger partial charge in [-0.05, 0) is 38.0 Å². The minimum absolute atomic E-state index is 0.159. The Labute approximate surface area is 184 Å². The number of aryl methyl sites for hydroxylation is 1. The lowest BCUT2D eigenvalue weighted by Crippen LogP contribution is -2.28. The summed E-state index contributed by atoms with van der Waals surface area (Å²) in [6, 6.07) is 15.5. The maximum Gasteiger partial charge on any atom is 0.279 e. The van der Waals surface area contributed by atoms with Crippen LogP contribution in [0.25, 0.3) is 17.2 Å². The van der Waals surface area contributed by atoms with Crippen molar-refractivity contribution in [1.82, 2.24) is 24.5 Å². The molecule has 8 heteroatoms. The van der Waals surface area contributed by atoms with Crippen molar-refractivity contribution >= 4 is 11.7 Å². The number of aromatic nitrogens is 4. The minimum Gasteiger partial charge on any atom is -0.352 e. The van der Waals surface area contributed by atoms with E-state index in [4.69, 9.17) is 0 Å². The van der Waals surface area contributed by atoms with E-state index in [0.29, 0.717) is 30.3 Å². The molecule has 4 rings (SSSR count). The molecule has 0 aliphatic heterocycles. The molecule has 0 saturated heterocycles. The van der Waals surface area contributed by atoms with Gasteiger partial charge >= 0.3 is 0 Å². The van der Waals surface area contributed by atoms with Gasteiger partial charge in [-0.3, -0.25) is 9.59 Å². The molecular weight excluding hydrogens is 409 g/mol. The SMILES string of the molecule is CCn1c(C)c(CCC(=O)NCc2ccc(F)cc2)c(=O)n2nc(-c3ccccc3)nc12. The molecule has 0 aliphatic rings. The van der Waals surface area contributed by atoms with Gasteiger partial charge in [0.05, 0.1) is 0 Å². The molecule has 0 radical (unpaired) electrons. The Kier molecular flexibility index (Phi) is 6.11. The number of fused-ring (bicyclic) bond motifs is 1. The van der Waals surface area contributed by atoms with Gasteiger partial charge in [0.15, 0.2) is 5.82 Å². The van der Waals surface area contributed by atoms with Gasteiger partial charge in [0.1, 0.15) is 5.82 Å². The van der Waals surface area contributed by atoms with Crippen molar-refractivity contribution in [3.05, 3.63) is 87.6 Å². The maximum atomic E-state index is 13.2. The van der Waals surface area contributed by atoms with Gasteiger partial charge in [-0.25, -0.2) is 4.39 Å². The Hall–Kier alpha value is -3.81. The molecule has 0 unspecified atom stereocenters. The van der Waals surface area contributed by atoms with E-state index in [1.807, 2.05) is 48.7 Å². The van der Waals surface area contributed by atoms with Gasteiger partial charge in [-0.1, -0.05) is 42.5 Å². The van der Waals surface area contributed by atoms with E-state index in [1.165, 1.54) is 16.6 Å². The normalized spacial score (nSPS) is 11.1. The first-order valence-electron chi connectivity index (χ1n) is 10.5. The zero-order chi connectivity index (χ0) is 22.7. The molecule has 0 saturated carbocycles. The van der Waals surface area contributed by atoms with Crippen LogP contribution >= 0.6 is 0 Å². The van der Waals surface area contributed by atoms with Gasteiger partial charge < -0.3 is 9.88 Å². The van der Waals surface area contributed by atoms with Crippen molar-refractivity contribution in [2.45, 2.75) is 39.8 Å². The van der Waals surface area contributed by atoms with Crippen LogP contribution in [0.15, 0.2) is 59.4 Å². The first-order valence-corrected chi connectivity index (χ1v) is 10.5. The van der Waals surface area contributed by atoms with Crippen molar-refractivity contribution in [1.29, 1.82) is 0 Å². The fraction of sp³-hybridized carbons (Fsp3) is 0.250. The molecule has 2 heterocycles. The largest absolute Gasteiger partial charge is 0.352 e. The van der Waals surface area contributed by atoms with E-state index >= 15 is 0 Å². The van der Waals surface area contributed by atoms with Crippen molar-refractivity contribution in [2.24, 2.45) is 0 Å². The Morgan fingerprint density at radius 3 is 2.50 bits per heavy atom. The predicted octanol–water partition coefficient (Wildman–Crippen LogP) is 3.27. The lowest BCUT2D eigenvalue weighted by atomic mass is 10.1. The number of benzene rings is 2. The van der Waals surface area contributed by atoms with E-state index in [1.54, 1.807) is 12.1 Å².